The van der Waals surface area contributed by atoms with E-state index in [1.54, 1.807) is 12.2 Å². The zero-order valence-electron chi connectivity index (χ0n) is 10.4. The fraction of sp³-hybridized carbons (Fsp3) is 0. The minimum absolute atomic E-state index is 0.574. The maximum absolute atomic E-state index is 10.5. The molecule has 0 saturated carbocycles. The molecule has 0 spiro atoms. The molecule has 0 aliphatic carbocycles. The van der Waals surface area contributed by atoms with Crippen LogP contribution in [0.3, 0.4) is 0 Å². The van der Waals surface area contributed by atoms with Crippen molar-refractivity contribution >= 4 is 18.2 Å². The maximum Gasteiger partial charge on any atom is 0.240 e. The van der Waals surface area contributed by atoms with E-state index >= 15 is 0 Å². The molecule has 0 N–H and O–H groups in total. The number of nitrogens with zero attached hydrogens (tertiary/aromatic N) is 1. The van der Waals surface area contributed by atoms with Crippen molar-refractivity contribution in [1.29, 1.82) is 0 Å². The molecule has 2 rings (SSSR count). The van der Waals surface area contributed by atoms with Crippen molar-refractivity contribution in [2.45, 2.75) is 0 Å². The lowest BCUT2D eigenvalue weighted by Gasteiger charge is -1.95. The monoisotopic (exact) mass is 247 g/mol. The third kappa shape index (κ3) is 4.23. The SMILES string of the molecule is O=C=NC(C=Cc1ccccc1)=Cc1ccccc1. The van der Waals surface area contributed by atoms with Crippen LogP contribution in [0.4, 0.5) is 0 Å². The smallest absolute Gasteiger partial charge is 0.211 e. The van der Waals surface area contributed by atoms with Gasteiger partial charge in [0.05, 0.1) is 5.70 Å². The first-order valence-electron chi connectivity index (χ1n) is 5.96. The van der Waals surface area contributed by atoms with E-state index in [9.17, 15) is 4.79 Å². The summed E-state index contributed by atoms with van der Waals surface area (Å²) < 4.78 is 0. The van der Waals surface area contributed by atoms with Crippen LogP contribution in [0.2, 0.25) is 0 Å². The second kappa shape index (κ2) is 6.90. The number of carbonyl (C=O) groups excluding carboxylic acids is 1. The van der Waals surface area contributed by atoms with Gasteiger partial charge in [-0.15, -0.1) is 0 Å². The van der Waals surface area contributed by atoms with Crippen molar-refractivity contribution in [3.63, 3.8) is 0 Å². The van der Waals surface area contributed by atoms with Gasteiger partial charge >= 0.3 is 0 Å². The van der Waals surface area contributed by atoms with E-state index in [0.29, 0.717) is 5.70 Å². The van der Waals surface area contributed by atoms with Crippen molar-refractivity contribution in [1.82, 2.24) is 0 Å². The fourth-order valence-electron chi connectivity index (χ4n) is 1.64. The highest BCUT2D eigenvalue weighted by Crippen LogP contribution is 2.11. The first-order chi connectivity index (χ1) is 9.38. The lowest BCUT2D eigenvalue weighted by Crippen LogP contribution is -1.76. The first kappa shape index (κ1) is 12.7. The van der Waals surface area contributed by atoms with E-state index in [2.05, 4.69) is 4.99 Å². The summed E-state index contributed by atoms with van der Waals surface area (Å²) in [6.07, 6.45) is 7.13. The molecule has 0 bridgehead atoms. The van der Waals surface area contributed by atoms with Gasteiger partial charge in [0.15, 0.2) is 0 Å². The van der Waals surface area contributed by atoms with Crippen LogP contribution in [0.25, 0.3) is 12.2 Å². The molecule has 2 aromatic carbocycles. The summed E-state index contributed by atoms with van der Waals surface area (Å²) in [6.45, 7) is 0. The Balaban J connectivity index is 2.24. The molecule has 0 aliphatic heterocycles. The number of allylic oxidation sites excluding steroid dienone is 1. The number of hydrogen-bond acceptors (Lipinski definition) is 2. The quantitative estimate of drug-likeness (QED) is 0.455. The minimum Gasteiger partial charge on any atom is -0.211 e. The van der Waals surface area contributed by atoms with Crippen molar-refractivity contribution in [3.05, 3.63) is 83.6 Å². The summed E-state index contributed by atoms with van der Waals surface area (Å²) in [5.74, 6) is 0. The van der Waals surface area contributed by atoms with E-state index in [1.807, 2.05) is 72.8 Å². The Kier molecular flexibility index (Phi) is 4.63. The van der Waals surface area contributed by atoms with Gasteiger partial charge in [-0.2, -0.15) is 4.99 Å². The molecule has 0 unspecified atom stereocenters. The lowest BCUT2D eigenvalue weighted by molar-refractivity contribution is 0.565. The van der Waals surface area contributed by atoms with Crippen LogP contribution in [-0.2, 0) is 4.79 Å². The molecule has 2 nitrogen and oxygen atoms in total. The summed E-state index contributed by atoms with van der Waals surface area (Å²) >= 11 is 0. The molecule has 0 atom stereocenters. The van der Waals surface area contributed by atoms with E-state index < -0.39 is 0 Å². The normalized spacial score (nSPS) is 11.3. The zero-order chi connectivity index (χ0) is 13.3. The van der Waals surface area contributed by atoms with Crippen LogP contribution in [0, 0.1) is 0 Å². The number of hydrogen-bond donors (Lipinski definition) is 0. The molecule has 0 heterocycles. The highest BCUT2D eigenvalue weighted by Gasteiger charge is 1.91. The van der Waals surface area contributed by atoms with E-state index in [1.165, 1.54) is 0 Å². The lowest BCUT2D eigenvalue weighted by atomic mass is 10.1. The Morgan fingerprint density at radius 3 is 2.05 bits per heavy atom. The van der Waals surface area contributed by atoms with Gasteiger partial charge in [-0.05, 0) is 23.3 Å². The molecule has 0 fully saturated rings. The Labute approximate surface area is 112 Å². The van der Waals surface area contributed by atoms with Crippen LogP contribution in [-0.4, -0.2) is 6.08 Å². The first-order valence-corrected chi connectivity index (χ1v) is 5.96. The molecule has 0 aromatic heterocycles. The third-order valence-corrected chi connectivity index (χ3v) is 2.53. The van der Waals surface area contributed by atoms with E-state index in [4.69, 9.17) is 0 Å². The third-order valence-electron chi connectivity index (χ3n) is 2.53. The summed E-state index contributed by atoms with van der Waals surface area (Å²) in [5.41, 5.74) is 2.63. The Hall–Kier alpha value is -2.70. The number of aliphatic imine (C=N–C) groups is 1. The van der Waals surface area contributed by atoms with Gasteiger partial charge in [-0.1, -0.05) is 66.7 Å². The maximum atomic E-state index is 10.5. The standard InChI is InChI=1S/C17H13NO/c19-14-18-17(13-16-9-5-2-6-10-16)12-11-15-7-3-1-4-8-15/h1-13H. The highest BCUT2D eigenvalue weighted by atomic mass is 16.1. The van der Waals surface area contributed by atoms with Crippen molar-refractivity contribution in [3.8, 4) is 0 Å². The second-order valence-electron chi connectivity index (χ2n) is 3.93. The van der Waals surface area contributed by atoms with Gasteiger partial charge in [0.1, 0.15) is 0 Å². The van der Waals surface area contributed by atoms with Crippen LogP contribution in [0.5, 0.6) is 0 Å². The zero-order valence-corrected chi connectivity index (χ0v) is 10.4. The molecule has 19 heavy (non-hydrogen) atoms. The molecule has 0 saturated heterocycles. The van der Waals surface area contributed by atoms with Gasteiger partial charge < -0.3 is 0 Å². The van der Waals surface area contributed by atoms with Crippen molar-refractivity contribution < 1.29 is 4.79 Å². The van der Waals surface area contributed by atoms with Gasteiger partial charge in [0, 0.05) is 0 Å². The molecular formula is C17H13NO. The van der Waals surface area contributed by atoms with Crippen LogP contribution in [0.1, 0.15) is 11.1 Å². The molecule has 2 heteroatoms. The summed E-state index contributed by atoms with van der Waals surface area (Å²) in [5, 5.41) is 0. The molecule has 2 aromatic rings. The summed E-state index contributed by atoms with van der Waals surface area (Å²) in [4.78, 5) is 14.2. The van der Waals surface area contributed by atoms with Gasteiger partial charge in [-0.3, -0.25) is 0 Å². The molecule has 92 valence electrons. The Morgan fingerprint density at radius 2 is 1.47 bits per heavy atom. The Morgan fingerprint density at radius 1 is 0.895 bits per heavy atom. The van der Waals surface area contributed by atoms with Crippen molar-refractivity contribution in [2.75, 3.05) is 0 Å². The van der Waals surface area contributed by atoms with Crippen LogP contribution >= 0.6 is 0 Å². The average molecular weight is 247 g/mol. The topological polar surface area (TPSA) is 29.4 Å². The molecule has 0 radical (unpaired) electrons. The minimum atomic E-state index is 0.574. The van der Waals surface area contributed by atoms with Gasteiger partial charge in [-0.25, -0.2) is 4.79 Å². The van der Waals surface area contributed by atoms with E-state index in [0.717, 1.165) is 11.1 Å². The average Bonchev–Trinajstić information content (AvgIpc) is 2.47. The fourth-order valence-corrected chi connectivity index (χ4v) is 1.64. The van der Waals surface area contributed by atoms with Gasteiger partial charge in [0.25, 0.3) is 0 Å². The largest absolute Gasteiger partial charge is 0.240 e. The summed E-state index contributed by atoms with van der Waals surface area (Å²) in [6, 6.07) is 19.6. The predicted molar refractivity (Wildman–Crippen MR) is 78.0 cm³/mol. The number of benzene rings is 2. The summed E-state index contributed by atoms with van der Waals surface area (Å²) in [7, 11) is 0. The van der Waals surface area contributed by atoms with Crippen molar-refractivity contribution in [2.24, 2.45) is 4.99 Å². The van der Waals surface area contributed by atoms with Crippen LogP contribution in [0.15, 0.2) is 77.4 Å². The van der Waals surface area contributed by atoms with Gasteiger partial charge in [0.2, 0.25) is 6.08 Å². The van der Waals surface area contributed by atoms with Crippen LogP contribution < -0.4 is 0 Å². The second-order valence-corrected chi connectivity index (χ2v) is 3.93. The predicted octanol–water partition coefficient (Wildman–Crippen LogP) is 4.08. The molecule has 0 aliphatic rings. The Bertz CT molecular complexity index is 621. The number of rotatable bonds is 4. The highest BCUT2D eigenvalue weighted by molar-refractivity contribution is 5.62. The molecule has 0 amide bonds. The number of isocyanates is 1. The molecular weight excluding hydrogens is 234 g/mol. The van der Waals surface area contributed by atoms with E-state index in [-0.39, 0.29) is 0 Å².